The van der Waals surface area contributed by atoms with E-state index in [1.807, 2.05) is 6.07 Å². The quantitative estimate of drug-likeness (QED) is 0.698. The second-order valence-corrected chi connectivity index (χ2v) is 5.14. The molecule has 0 aliphatic carbocycles. The van der Waals surface area contributed by atoms with Gasteiger partial charge in [0, 0.05) is 18.2 Å². The molecule has 5 heteroatoms. The molecule has 1 aliphatic rings. The van der Waals surface area contributed by atoms with E-state index in [1.54, 1.807) is 12.1 Å². The molecule has 1 atom stereocenters. The van der Waals surface area contributed by atoms with Gasteiger partial charge in [0.1, 0.15) is 0 Å². The smallest absolute Gasteiger partial charge is 0.248 e. The predicted octanol–water partition coefficient (Wildman–Crippen LogP) is 1.26. The monoisotopic (exact) mass is 262 g/mol. The molecule has 0 radical (unpaired) electrons. The number of nitrogens with two attached hydrogens (primary N) is 2. The van der Waals surface area contributed by atoms with Gasteiger partial charge in [-0.15, -0.1) is 0 Å². The molecule has 19 heavy (non-hydrogen) atoms. The van der Waals surface area contributed by atoms with Gasteiger partial charge >= 0.3 is 0 Å². The van der Waals surface area contributed by atoms with Crippen molar-refractivity contribution in [3.05, 3.63) is 23.8 Å². The number of carbonyl (C=O) groups is 1. The number of primary amides is 1. The Hall–Kier alpha value is -1.75. The van der Waals surface area contributed by atoms with Crippen LogP contribution in [0.4, 0.5) is 11.4 Å². The van der Waals surface area contributed by atoms with Gasteiger partial charge in [0.25, 0.3) is 0 Å². The Bertz CT molecular complexity index is 455. The number of hydrogen-bond acceptors (Lipinski definition) is 4. The number of rotatable bonds is 5. The summed E-state index contributed by atoms with van der Waals surface area (Å²) in [5.41, 5.74) is 13.0. The molecule has 1 amide bonds. The zero-order valence-electron chi connectivity index (χ0n) is 11.4. The Kier molecular flexibility index (Phi) is 4.27. The number of amides is 1. The number of nitrogen functional groups attached to an aromatic ring is 1. The zero-order valence-corrected chi connectivity index (χ0v) is 11.4. The number of carbonyl (C=O) groups excluding carboxylic acids is 1. The lowest BCUT2D eigenvalue weighted by atomic mass is 10.1. The van der Waals surface area contributed by atoms with Crippen molar-refractivity contribution in [3.8, 4) is 0 Å². The minimum absolute atomic E-state index is 0.440. The van der Waals surface area contributed by atoms with E-state index >= 15 is 0 Å². The van der Waals surface area contributed by atoms with Crippen LogP contribution in [0.1, 0.15) is 30.1 Å². The fraction of sp³-hybridized carbons (Fsp3) is 0.500. The first kappa shape index (κ1) is 13.7. The molecular formula is C14H22N4O. The molecule has 1 heterocycles. The molecule has 1 saturated heterocycles. The predicted molar refractivity (Wildman–Crippen MR) is 78.1 cm³/mol. The first-order chi connectivity index (χ1) is 9.08. The van der Waals surface area contributed by atoms with Crippen LogP contribution >= 0.6 is 0 Å². The summed E-state index contributed by atoms with van der Waals surface area (Å²) in [6, 6.07) is 5.61. The summed E-state index contributed by atoms with van der Waals surface area (Å²) in [6.45, 7) is 5.42. The molecule has 104 valence electrons. The minimum atomic E-state index is -0.455. The molecule has 1 aliphatic heterocycles. The number of anilines is 2. The highest BCUT2D eigenvalue weighted by Crippen LogP contribution is 2.20. The van der Waals surface area contributed by atoms with Gasteiger partial charge in [-0.25, -0.2) is 0 Å². The van der Waals surface area contributed by atoms with Crippen LogP contribution in [0.5, 0.6) is 0 Å². The molecule has 5 N–H and O–H groups in total. The SMILES string of the molecule is CC(CNc1ccc(C(N)=O)cc1N)N1CCCC1. The third kappa shape index (κ3) is 3.38. The second-order valence-electron chi connectivity index (χ2n) is 5.14. The summed E-state index contributed by atoms with van der Waals surface area (Å²) in [4.78, 5) is 13.5. The maximum Gasteiger partial charge on any atom is 0.248 e. The maximum atomic E-state index is 11.0. The Balaban J connectivity index is 1.93. The van der Waals surface area contributed by atoms with Gasteiger partial charge < -0.3 is 16.8 Å². The van der Waals surface area contributed by atoms with Crippen LogP contribution in [0.3, 0.4) is 0 Å². The largest absolute Gasteiger partial charge is 0.397 e. The molecule has 5 nitrogen and oxygen atoms in total. The first-order valence-corrected chi connectivity index (χ1v) is 6.75. The number of nitrogens with one attached hydrogen (secondary N) is 1. The van der Waals surface area contributed by atoms with Gasteiger partial charge in [0.2, 0.25) is 5.91 Å². The van der Waals surface area contributed by atoms with Crippen LogP contribution in [-0.4, -0.2) is 36.5 Å². The molecular weight excluding hydrogens is 240 g/mol. The van der Waals surface area contributed by atoms with Gasteiger partial charge in [0.15, 0.2) is 0 Å². The van der Waals surface area contributed by atoms with Crippen molar-refractivity contribution >= 4 is 17.3 Å². The lowest BCUT2D eigenvalue weighted by Gasteiger charge is -2.24. The van der Waals surface area contributed by atoms with E-state index in [2.05, 4.69) is 17.1 Å². The molecule has 0 spiro atoms. The number of benzene rings is 1. The fourth-order valence-corrected chi connectivity index (χ4v) is 2.45. The Labute approximate surface area is 113 Å². The minimum Gasteiger partial charge on any atom is -0.397 e. The van der Waals surface area contributed by atoms with Gasteiger partial charge in [-0.1, -0.05) is 0 Å². The molecule has 0 aromatic heterocycles. The molecule has 2 rings (SSSR count). The van der Waals surface area contributed by atoms with Gasteiger partial charge in [-0.3, -0.25) is 9.69 Å². The Morgan fingerprint density at radius 2 is 2.11 bits per heavy atom. The highest BCUT2D eigenvalue weighted by molar-refractivity contribution is 5.94. The molecule has 0 saturated carbocycles. The van der Waals surface area contributed by atoms with Crippen LogP contribution in [-0.2, 0) is 0 Å². The van der Waals surface area contributed by atoms with E-state index in [0.29, 0.717) is 17.3 Å². The highest BCUT2D eigenvalue weighted by atomic mass is 16.1. The highest BCUT2D eigenvalue weighted by Gasteiger charge is 2.17. The average Bonchev–Trinajstić information content (AvgIpc) is 2.90. The summed E-state index contributed by atoms with van der Waals surface area (Å²) in [6.07, 6.45) is 2.58. The molecule has 1 aromatic rings. The second kappa shape index (κ2) is 5.93. The van der Waals surface area contributed by atoms with Crippen molar-refractivity contribution in [1.29, 1.82) is 0 Å². The van der Waals surface area contributed by atoms with Crippen molar-refractivity contribution in [2.45, 2.75) is 25.8 Å². The van der Waals surface area contributed by atoms with E-state index in [0.717, 1.165) is 12.2 Å². The summed E-state index contributed by atoms with van der Waals surface area (Å²) in [7, 11) is 0. The first-order valence-electron chi connectivity index (χ1n) is 6.75. The molecule has 1 aromatic carbocycles. The van der Waals surface area contributed by atoms with Gasteiger partial charge in [-0.05, 0) is 51.1 Å². The number of likely N-dealkylation sites (tertiary alicyclic amines) is 1. The van der Waals surface area contributed by atoms with E-state index in [1.165, 1.54) is 25.9 Å². The summed E-state index contributed by atoms with van der Waals surface area (Å²) in [5.74, 6) is -0.455. The normalized spacial score (nSPS) is 17.3. The zero-order chi connectivity index (χ0) is 13.8. The van der Waals surface area contributed by atoms with Crippen molar-refractivity contribution < 1.29 is 4.79 Å². The average molecular weight is 262 g/mol. The van der Waals surface area contributed by atoms with Gasteiger partial charge in [-0.2, -0.15) is 0 Å². The van der Waals surface area contributed by atoms with Crippen molar-refractivity contribution in [2.24, 2.45) is 5.73 Å². The Morgan fingerprint density at radius 1 is 1.42 bits per heavy atom. The van der Waals surface area contributed by atoms with Crippen molar-refractivity contribution in [2.75, 3.05) is 30.7 Å². The van der Waals surface area contributed by atoms with Crippen LogP contribution < -0.4 is 16.8 Å². The fourth-order valence-electron chi connectivity index (χ4n) is 2.45. The van der Waals surface area contributed by atoms with E-state index < -0.39 is 5.91 Å². The van der Waals surface area contributed by atoms with E-state index in [4.69, 9.17) is 11.5 Å². The number of nitrogens with zero attached hydrogens (tertiary/aromatic N) is 1. The lowest BCUT2D eigenvalue weighted by Crippen LogP contribution is -2.35. The Morgan fingerprint density at radius 3 is 2.68 bits per heavy atom. The van der Waals surface area contributed by atoms with E-state index in [9.17, 15) is 4.79 Å². The van der Waals surface area contributed by atoms with Crippen LogP contribution in [0.2, 0.25) is 0 Å². The summed E-state index contributed by atoms with van der Waals surface area (Å²) in [5, 5.41) is 3.34. The lowest BCUT2D eigenvalue weighted by molar-refractivity contribution is 0.100. The van der Waals surface area contributed by atoms with Crippen LogP contribution in [0.25, 0.3) is 0 Å². The number of hydrogen-bond donors (Lipinski definition) is 3. The standard InChI is InChI=1S/C14H22N4O/c1-10(18-6-2-3-7-18)9-17-13-5-4-11(14(16)19)8-12(13)15/h4-5,8,10,17H,2-3,6-7,9,15H2,1H3,(H2,16,19). The molecule has 1 fully saturated rings. The third-order valence-corrected chi connectivity index (χ3v) is 3.69. The molecule has 0 bridgehead atoms. The van der Waals surface area contributed by atoms with Crippen molar-refractivity contribution in [1.82, 2.24) is 4.90 Å². The van der Waals surface area contributed by atoms with Crippen molar-refractivity contribution in [3.63, 3.8) is 0 Å². The third-order valence-electron chi connectivity index (χ3n) is 3.69. The molecule has 1 unspecified atom stereocenters. The van der Waals surface area contributed by atoms with Gasteiger partial charge in [0.05, 0.1) is 11.4 Å². The topological polar surface area (TPSA) is 84.4 Å². The van der Waals surface area contributed by atoms with Crippen LogP contribution in [0, 0.1) is 0 Å². The summed E-state index contributed by atoms with van der Waals surface area (Å²) < 4.78 is 0. The summed E-state index contributed by atoms with van der Waals surface area (Å²) >= 11 is 0. The maximum absolute atomic E-state index is 11.0. The van der Waals surface area contributed by atoms with E-state index in [-0.39, 0.29) is 0 Å². The van der Waals surface area contributed by atoms with Crippen LogP contribution in [0.15, 0.2) is 18.2 Å².